The van der Waals surface area contributed by atoms with Gasteiger partial charge in [-0.15, -0.1) is 0 Å². The van der Waals surface area contributed by atoms with E-state index in [-0.39, 0.29) is 0 Å². The molecule has 2 aromatic rings. The quantitative estimate of drug-likeness (QED) is 0.616. The SMILES string of the molecule is Cc1csc(N=Nc2ccc(N(C)C)cc2)[n+]1C. The van der Waals surface area contributed by atoms with Crippen LogP contribution in [-0.2, 0) is 7.05 Å². The Morgan fingerprint density at radius 1 is 1.11 bits per heavy atom. The Balaban J connectivity index is 2.16. The van der Waals surface area contributed by atoms with Crippen molar-refractivity contribution in [2.45, 2.75) is 6.92 Å². The number of nitrogens with zero attached hydrogens (tertiary/aromatic N) is 4. The van der Waals surface area contributed by atoms with E-state index in [2.05, 4.69) is 27.4 Å². The van der Waals surface area contributed by atoms with Crippen molar-refractivity contribution in [2.75, 3.05) is 19.0 Å². The lowest BCUT2D eigenvalue weighted by Gasteiger charge is -2.11. The van der Waals surface area contributed by atoms with Crippen LogP contribution in [-0.4, -0.2) is 14.1 Å². The van der Waals surface area contributed by atoms with Crippen molar-refractivity contribution in [3.63, 3.8) is 0 Å². The molecule has 4 nitrogen and oxygen atoms in total. The first-order valence-electron chi connectivity index (χ1n) is 5.71. The predicted molar refractivity (Wildman–Crippen MR) is 75.2 cm³/mol. The van der Waals surface area contributed by atoms with Crippen molar-refractivity contribution >= 4 is 27.8 Å². The summed E-state index contributed by atoms with van der Waals surface area (Å²) >= 11 is 1.60. The van der Waals surface area contributed by atoms with E-state index in [1.807, 2.05) is 50.0 Å². The van der Waals surface area contributed by atoms with E-state index < -0.39 is 0 Å². The molecule has 5 heteroatoms. The molecular formula is C13H17N4S+. The van der Waals surface area contributed by atoms with Crippen LogP contribution in [0.25, 0.3) is 0 Å². The van der Waals surface area contributed by atoms with Gasteiger partial charge in [-0.2, -0.15) is 0 Å². The molecule has 0 fully saturated rings. The molecule has 0 unspecified atom stereocenters. The van der Waals surface area contributed by atoms with Crippen LogP contribution in [0, 0.1) is 6.92 Å². The summed E-state index contributed by atoms with van der Waals surface area (Å²) in [5, 5.41) is 11.5. The van der Waals surface area contributed by atoms with Crippen molar-refractivity contribution in [3.8, 4) is 0 Å². The number of rotatable bonds is 3. The minimum atomic E-state index is 0.867. The minimum Gasteiger partial charge on any atom is -0.378 e. The molecule has 2 rings (SSSR count). The largest absolute Gasteiger partial charge is 0.408 e. The maximum Gasteiger partial charge on any atom is 0.408 e. The summed E-state index contributed by atoms with van der Waals surface area (Å²) in [4.78, 5) is 2.06. The highest BCUT2D eigenvalue weighted by molar-refractivity contribution is 7.12. The molecule has 0 radical (unpaired) electrons. The zero-order chi connectivity index (χ0) is 13.1. The molecule has 0 spiro atoms. The second kappa shape index (κ2) is 5.27. The fourth-order valence-corrected chi connectivity index (χ4v) is 2.28. The lowest BCUT2D eigenvalue weighted by atomic mass is 10.3. The Labute approximate surface area is 111 Å². The number of aromatic nitrogens is 1. The Hall–Kier alpha value is -1.75. The van der Waals surface area contributed by atoms with Gasteiger partial charge in [-0.3, -0.25) is 0 Å². The smallest absolute Gasteiger partial charge is 0.378 e. The summed E-state index contributed by atoms with van der Waals surface area (Å²) in [7, 11) is 6.03. The fraction of sp³-hybridized carbons (Fsp3) is 0.308. The van der Waals surface area contributed by atoms with Crippen molar-refractivity contribution in [3.05, 3.63) is 35.3 Å². The minimum absolute atomic E-state index is 0.867. The molecule has 0 N–H and O–H groups in total. The van der Waals surface area contributed by atoms with Crippen LogP contribution in [0.4, 0.5) is 16.5 Å². The Bertz CT molecular complexity index is 555. The van der Waals surface area contributed by atoms with Crippen LogP contribution in [0.3, 0.4) is 0 Å². The molecule has 94 valence electrons. The summed E-state index contributed by atoms with van der Waals surface area (Å²) in [6.07, 6.45) is 0. The molecule has 0 atom stereocenters. The van der Waals surface area contributed by atoms with E-state index in [4.69, 9.17) is 0 Å². The number of aryl methyl sites for hydroxylation is 1. The standard InChI is InChI=1S/C13H17N4S/c1-10-9-18-13(17(10)4)15-14-11-5-7-12(8-6-11)16(2)3/h5-9H,1-4H3/q+1. The van der Waals surface area contributed by atoms with Crippen LogP contribution in [0.1, 0.15) is 5.69 Å². The van der Waals surface area contributed by atoms with Crippen LogP contribution in [0.15, 0.2) is 39.9 Å². The van der Waals surface area contributed by atoms with Gasteiger partial charge in [0.05, 0.1) is 12.2 Å². The van der Waals surface area contributed by atoms with E-state index in [0.717, 1.165) is 16.5 Å². The van der Waals surface area contributed by atoms with Gasteiger partial charge >= 0.3 is 5.13 Å². The molecule has 18 heavy (non-hydrogen) atoms. The second-order valence-electron chi connectivity index (χ2n) is 4.33. The summed E-state index contributed by atoms with van der Waals surface area (Å²) in [6, 6.07) is 8.01. The van der Waals surface area contributed by atoms with E-state index >= 15 is 0 Å². The van der Waals surface area contributed by atoms with Crippen molar-refractivity contribution in [1.29, 1.82) is 0 Å². The third-order valence-electron chi connectivity index (χ3n) is 2.77. The fourth-order valence-electron chi connectivity index (χ4n) is 1.46. The number of azo groups is 1. The third kappa shape index (κ3) is 2.73. The van der Waals surface area contributed by atoms with Gasteiger partial charge in [-0.05, 0) is 47.6 Å². The van der Waals surface area contributed by atoms with Gasteiger partial charge in [0, 0.05) is 25.2 Å². The zero-order valence-corrected chi connectivity index (χ0v) is 11.9. The Morgan fingerprint density at radius 2 is 1.78 bits per heavy atom. The summed E-state index contributed by atoms with van der Waals surface area (Å²) in [5.74, 6) is 0. The van der Waals surface area contributed by atoms with Gasteiger partial charge < -0.3 is 4.90 Å². The summed E-state index contributed by atoms with van der Waals surface area (Å²) in [5.41, 5.74) is 3.22. The van der Waals surface area contributed by atoms with Crippen molar-refractivity contribution in [2.24, 2.45) is 17.3 Å². The van der Waals surface area contributed by atoms with Gasteiger partial charge in [0.2, 0.25) is 0 Å². The highest BCUT2D eigenvalue weighted by atomic mass is 32.1. The molecular weight excluding hydrogens is 244 g/mol. The average Bonchev–Trinajstić information content (AvgIpc) is 2.68. The van der Waals surface area contributed by atoms with Crippen LogP contribution < -0.4 is 9.47 Å². The lowest BCUT2D eigenvalue weighted by Crippen LogP contribution is -2.28. The molecule has 0 aliphatic rings. The average molecular weight is 261 g/mol. The van der Waals surface area contributed by atoms with E-state index in [1.54, 1.807) is 11.3 Å². The normalized spacial score (nSPS) is 11.1. The molecule has 0 saturated carbocycles. The highest BCUT2D eigenvalue weighted by Crippen LogP contribution is 2.22. The molecule has 0 amide bonds. The van der Waals surface area contributed by atoms with Gasteiger partial charge in [0.15, 0.2) is 0 Å². The number of hydrogen-bond acceptors (Lipinski definition) is 4. The summed E-state index contributed by atoms with van der Waals surface area (Å²) in [6.45, 7) is 2.06. The molecule has 0 aliphatic carbocycles. The first-order chi connectivity index (χ1) is 8.58. The molecule has 1 aromatic carbocycles. The van der Waals surface area contributed by atoms with Crippen LogP contribution in [0.5, 0.6) is 0 Å². The van der Waals surface area contributed by atoms with E-state index in [0.29, 0.717) is 0 Å². The van der Waals surface area contributed by atoms with E-state index in [1.165, 1.54) is 5.69 Å². The van der Waals surface area contributed by atoms with Gasteiger partial charge in [-0.25, -0.2) is 4.57 Å². The second-order valence-corrected chi connectivity index (χ2v) is 5.17. The molecule has 1 aromatic heterocycles. The maximum absolute atomic E-state index is 4.26. The van der Waals surface area contributed by atoms with Crippen molar-refractivity contribution < 1.29 is 4.57 Å². The molecule has 0 saturated heterocycles. The molecule has 0 aliphatic heterocycles. The Kier molecular flexibility index (Phi) is 3.72. The van der Waals surface area contributed by atoms with Gasteiger partial charge in [0.1, 0.15) is 11.4 Å². The third-order valence-corrected chi connectivity index (χ3v) is 3.79. The monoisotopic (exact) mass is 261 g/mol. The lowest BCUT2D eigenvalue weighted by molar-refractivity contribution is -0.660. The number of thiazole rings is 1. The topological polar surface area (TPSA) is 31.8 Å². The number of benzene rings is 1. The van der Waals surface area contributed by atoms with Crippen molar-refractivity contribution in [1.82, 2.24) is 0 Å². The number of hydrogen-bond donors (Lipinski definition) is 0. The zero-order valence-electron chi connectivity index (χ0n) is 11.1. The first-order valence-corrected chi connectivity index (χ1v) is 6.59. The Morgan fingerprint density at radius 3 is 2.28 bits per heavy atom. The van der Waals surface area contributed by atoms with Gasteiger partial charge in [-0.1, -0.05) is 0 Å². The van der Waals surface area contributed by atoms with Gasteiger partial charge in [0.25, 0.3) is 0 Å². The van der Waals surface area contributed by atoms with E-state index in [9.17, 15) is 0 Å². The summed E-state index contributed by atoms with van der Waals surface area (Å²) < 4.78 is 2.03. The molecule has 0 bridgehead atoms. The first kappa shape index (κ1) is 12.7. The highest BCUT2D eigenvalue weighted by Gasteiger charge is 2.11. The molecule has 1 heterocycles. The van der Waals surface area contributed by atoms with Crippen LogP contribution in [0.2, 0.25) is 0 Å². The number of anilines is 1. The van der Waals surface area contributed by atoms with Crippen LogP contribution >= 0.6 is 11.3 Å². The maximum atomic E-state index is 4.26. The predicted octanol–water partition coefficient (Wildman–Crippen LogP) is 3.36.